The van der Waals surface area contributed by atoms with Crippen LogP contribution in [0.4, 0.5) is 0 Å². The Kier molecular flexibility index (Phi) is 2.72. The van der Waals surface area contributed by atoms with Crippen LogP contribution in [0.2, 0.25) is 0 Å². The van der Waals surface area contributed by atoms with Gasteiger partial charge in [-0.15, -0.1) is 0 Å². The number of imidazole rings is 1. The third kappa shape index (κ3) is 1.82. The highest BCUT2D eigenvalue weighted by atomic mass is 16.4. The predicted molar refractivity (Wildman–Crippen MR) is 60.4 cm³/mol. The first-order valence-corrected chi connectivity index (χ1v) is 5.08. The number of aryl methyl sites for hydroxylation is 1. The topological polar surface area (TPSA) is 66.0 Å². The van der Waals surface area contributed by atoms with Gasteiger partial charge in [0.1, 0.15) is 5.69 Å². The zero-order valence-electron chi connectivity index (χ0n) is 8.90. The van der Waals surface area contributed by atoms with E-state index in [1.165, 1.54) is 11.9 Å². The number of hydrogen-bond acceptors (Lipinski definition) is 2. The fraction of sp³-hybridized carbons (Fsp3) is 0.167. The zero-order chi connectivity index (χ0) is 11.5. The quantitative estimate of drug-likeness (QED) is 0.827. The van der Waals surface area contributed by atoms with Crippen molar-refractivity contribution >= 4 is 5.97 Å². The number of nitrogens with one attached hydrogen (secondary N) is 1. The van der Waals surface area contributed by atoms with Gasteiger partial charge in [0.15, 0.2) is 5.69 Å². The van der Waals surface area contributed by atoms with Crippen molar-refractivity contribution in [3.63, 3.8) is 0 Å². The predicted octanol–water partition coefficient (Wildman–Crippen LogP) is 2.34. The lowest BCUT2D eigenvalue weighted by Crippen LogP contribution is -1.99. The molecule has 2 aromatic rings. The molecule has 1 heterocycles. The van der Waals surface area contributed by atoms with Crippen LogP contribution >= 0.6 is 0 Å². The van der Waals surface area contributed by atoms with Gasteiger partial charge in [-0.05, 0) is 12.0 Å². The Morgan fingerprint density at radius 2 is 2.06 bits per heavy atom. The van der Waals surface area contributed by atoms with Crippen molar-refractivity contribution in [2.24, 2.45) is 0 Å². The number of carboxylic acid groups (broad SMARTS) is 1. The molecule has 0 saturated carbocycles. The molecule has 0 aliphatic rings. The number of H-pyrrole nitrogens is 1. The minimum absolute atomic E-state index is 0.129. The molecule has 2 N–H and O–H groups in total. The van der Waals surface area contributed by atoms with E-state index in [1.54, 1.807) is 0 Å². The Hall–Kier alpha value is -2.10. The fourth-order valence-electron chi connectivity index (χ4n) is 1.57. The molecule has 0 atom stereocenters. The van der Waals surface area contributed by atoms with Gasteiger partial charge in [0.2, 0.25) is 0 Å². The summed E-state index contributed by atoms with van der Waals surface area (Å²) >= 11 is 0. The van der Waals surface area contributed by atoms with Crippen LogP contribution in [-0.2, 0) is 6.42 Å². The maximum atomic E-state index is 10.9. The van der Waals surface area contributed by atoms with Crippen molar-refractivity contribution in [3.05, 3.63) is 41.9 Å². The number of aromatic amines is 1. The van der Waals surface area contributed by atoms with Gasteiger partial charge in [-0.3, -0.25) is 0 Å². The number of rotatable bonds is 3. The number of hydrogen-bond donors (Lipinski definition) is 2. The van der Waals surface area contributed by atoms with E-state index in [1.807, 2.05) is 24.3 Å². The van der Waals surface area contributed by atoms with Crippen molar-refractivity contribution in [2.75, 3.05) is 0 Å². The molecule has 0 aliphatic carbocycles. The Labute approximate surface area is 93.0 Å². The Bertz CT molecular complexity index is 500. The van der Waals surface area contributed by atoms with Gasteiger partial charge in [-0.1, -0.05) is 31.2 Å². The first kappa shape index (κ1) is 10.4. The van der Waals surface area contributed by atoms with Crippen LogP contribution < -0.4 is 0 Å². The van der Waals surface area contributed by atoms with E-state index >= 15 is 0 Å². The Morgan fingerprint density at radius 3 is 2.62 bits per heavy atom. The molecular formula is C12H12N2O2. The third-order valence-corrected chi connectivity index (χ3v) is 2.49. The lowest BCUT2D eigenvalue weighted by atomic mass is 10.1. The molecule has 2 rings (SSSR count). The molecular weight excluding hydrogens is 204 g/mol. The minimum atomic E-state index is -0.993. The van der Waals surface area contributed by atoms with Gasteiger partial charge >= 0.3 is 5.97 Å². The molecule has 1 aromatic heterocycles. The second-order valence-electron chi connectivity index (χ2n) is 3.48. The van der Waals surface area contributed by atoms with Crippen LogP contribution in [-0.4, -0.2) is 21.0 Å². The molecule has 4 heteroatoms. The molecule has 0 fully saturated rings. The minimum Gasteiger partial charge on any atom is -0.477 e. The summed E-state index contributed by atoms with van der Waals surface area (Å²) in [5.74, 6) is -0.993. The molecule has 1 aromatic carbocycles. The highest BCUT2D eigenvalue weighted by molar-refractivity contribution is 5.92. The largest absolute Gasteiger partial charge is 0.477 e. The number of aromatic nitrogens is 2. The summed E-state index contributed by atoms with van der Waals surface area (Å²) in [6.07, 6.45) is 2.36. The molecule has 82 valence electrons. The summed E-state index contributed by atoms with van der Waals surface area (Å²) in [5.41, 5.74) is 2.64. The van der Waals surface area contributed by atoms with E-state index < -0.39 is 5.97 Å². The van der Waals surface area contributed by atoms with E-state index in [2.05, 4.69) is 16.9 Å². The van der Waals surface area contributed by atoms with Gasteiger partial charge in [0.25, 0.3) is 0 Å². The van der Waals surface area contributed by atoms with Crippen LogP contribution in [0.5, 0.6) is 0 Å². The van der Waals surface area contributed by atoms with E-state index in [0.717, 1.165) is 12.0 Å². The van der Waals surface area contributed by atoms with E-state index in [4.69, 9.17) is 5.11 Å². The zero-order valence-corrected chi connectivity index (χ0v) is 8.90. The summed E-state index contributed by atoms with van der Waals surface area (Å²) in [5, 5.41) is 8.95. The number of benzene rings is 1. The maximum absolute atomic E-state index is 10.9. The molecule has 0 aliphatic heterocycles. The second kappa shape index (κ2) is 4.18. The average Bonchev–Trinajstić information content (AvgIpc) is 2.78. The number of carboxylic acids is 1. The van der Waals surface area contributed by atoms with Crippen LogP contribution in [0.3, 0.4) is 0 Å². The lowest BCUT2D eigenvalue weighted by Gasteiger charge is -2.01. The van der Waals surface area contributed by atoms with Crippen molar-refractivity contribution < 1.29 is 9.90 Å². The van der Waals surface area contributed by atoms with Crippen LogP contribution in [0.1, 0.15) is 23.0 Å². The van der Waals surface area contributed by atoms with Crippen molar-refractivity contribution in [1.82, 2.24) is 9.97 Å². The molecule has 0 unspecified atom stereocenters. The van der Waals surface area contributed by atoms with Crippen molar-refractivity contribution in [1.29, 1.82) is 0 Å². The average molecular weight is 216 g/mol. The van der Waals surface area contributed by atoms with Crippen molar-refractivity contribution in [2.45, 2.75) is 13.3 Å². The van der Waals surface area contributed by atoms with Gasteiger partial charge < -0.3 is 10.1 Å². The smallest absolute Gasteiger partial charge is 0.354 e. The normalized spacial score (nSPS) is 10.3. The molecule has 0 bridgehead atoms. The number of aromatic carboxylic acids is 1. The summed E-state index contributed by atoms with van der Waals surface area (Å²) in [6.45, 7) is 2.08. The van der Waals surface area contributed by atoms with Crippen molar-refractivity contribution in [3.8, 4) is 11.3 Å². The summed E-state index contributed by atoms with van der Waals surface area (Å²) in [7, 11) is 0. The standard InChI is InChI=1S/C12H12N2O2/c1-2-8-3-5-9(6-4-8)10-11(12(15)16)14-7-13-10/h3-7H,2H2,1H3,(H,13,14)(H,15,16). The van der Waals surface area contributed by atoms with Gasteiger partial charge in [0.05, 0.1) is 6.33 Å². The Morgan fingerprint density at radius 1 is 1.38 bits per heavy atom. The molecule has 0 amide bonds. The molecule has 0 radical (unpaired) electrons. The second-order valence-corrected chi connectivity index (χ2v) is 3.48. The fourth-order valence-corrected chi connectivity index (χ4v) is 1.57. The first-order chi connectivity index (χ1) is 7.72. The monoisotopic (exact) mass is 216 g/mol. The number of carbonyl (C=O) groups is 1. The summed E-state index contributed by atoms with van der Waals surface area (Å²) in [4.78, 5) is 17.6. The third-order valence-electron chi connectivity index (χ3n) is 2.49. The number of nitrogens with zero attached hydrogens (tertiary/aromatic N) is 1. The van der Waals surface area contributed by atoms with Gasteiger partial charge in [0, 0.05) is 5.56 Å². The first-order valence-electron chi connectivity index (χ1n) is 5.08. The van der Waals surface area contributed by atoms with Gasteiger partial charge in [-0.25, -0.2) is 9.78 Å². The van der Waals surface area contributed by atoms with Crippen LogP contribution in [0.25, 0.3) is 11.3 Å². The summed E-state index contributed by atoms with van der Waals surface area (Å²) < 4.78 is 0. The molecule has 16 heavy (non-hydrogen) atoms. The molecule has 4 nitrogen and oxygen atoms in total. The highest BCUT2D eigenvalue weighted by Crippen LogP contribution is 2.20. The molecule has 0 spiro atoms. The van der Waals surface area contributed by atoms with Gasteiger partial charge in [-0.2, -0.15) is 0 Å². The lowest BCUT2D eigenvalue weighted by molar-refractivity contribution is 0.0692. The van der Waals surface area contributed by atoms with Crippen LogP contribution in [0, 0.1) is 0 Å². The van der Waals surface area contributed by atoms with E-state index in [0.29, 0.717) is 5.69 Å². The van der Waals surface area contributed by atoms with Crippen LogP contribution in [0.15, 0.2) is 30.6 Å². The highest BCUT2D eigenvalue weighted by Gasteiger charge is 2.13. The molecule has 0 saturated heterocycles. The maximum Gasteiger partial charge on any atom is 0.354 e. The Balaban J connectivity index is 2.42. The van der Waals surface area contributed by atoms with E-state index in [9.17, 15) is 4.79 Å². The SMILES string of the molecule is CCc1ccc(-c2nc[nH]c2C(=O)O)cc1. The summed E-state index contributed by atoms with van der Waals surface area (Å²) in [6, 6.07) is 7.74. The van der Waals surface area contributed by atoms with E-state index in [-0.39, 0.29) is 5.69 Å².